The predicted molar refractivity (Wildman–Crippen MR) is 57.2 cm³/mol. The minimum atomic E-state index is -0.0255. The van der Waals surface area contributed by atoms with E-state index in [1.807, 2.05) is 0 Å². The summed E-state index contributed by atoms with van der Waals surface area (Å²) in [7, 11) is 0. The molecule has 1 aromatic rings. The van der Waals surface area contributed by atoms with E-state index in [1.165, 1.54) is 11.1 Å². The van der Waals surface area contributed by atoms with E-state index in [-0.39, 0.29) is 19.1 Å². The fourth-order valence-electron chi connectivity index (χ4n) is 1.43. The molecule has 0 aliphatic carbocycles. The number of benzene rings is 1. The van der Waals surface area contributed by atoms with Gasteiger partial charge in [-0.05, 0) is 24.0 Å². The summed E-state index contributed by atoms with van der Waals surface area (Å²) in [5, 5.41) is 17.9. The van der Waals surface area contributed by atoms with E-state index in [1.54, 1.807) is 0 Å². The van der Waals surface area contributed by atoms with E-state index in [0.717, 1.165) is 12.8 Å². The quantitative estimate of drug-likeness (QED) is 0.743. The Hall–Kier alpha value is -0.860. The van der Waals surface area contributed by atoms with Crippen LogP contribution in [0.3, 0.4) is 0 Å². The molecule has 2 N–H and O–H groups in total. The Bertz CT molecular complexity index is 250. The first-order valence-electron chi connectivity index (χ1n) is 5.09. The monoisotopic (exact) mass is 194 g/mol. The van der Waals surface area contributed by atoms with E-state index in [2.05, 4.69) is 31.2 Å². The maximum atomic E-state index is 8.93. The van der Waals surface area contributed by atoms with Crippen LogP contribution in [0.1, 0.15) is 18.1 Å². The van der Waals surface area contributed by atoms with Crippen molar-refractivity contribution in [3.8, 4) is 0 Å². The summed E-state index contributed by atoms with van der Waals surface area (Å²) in [6.45, 7) is 2.22. The third kappa shape index (κ3) is 3.13. The minimum absolute atomic E-state index is 0.0255. The number of aryl methyl sites for hydroxylation is 1. The highest BCUT2D eigenvalue weighted by Gasteiger charge is 2.06. The van der Waals surface area contributed by atoms with Gasteiger partial charge in [0, 0.05) is 19.1 Å². The predicted octanol–water partition coefficient (Wildman–Crippen LogP) is 1.39. The molecule has 0 unspecified atom stereocenters. The van der Waals surface area contributed by atoms with Gasteiger partial charge >= 0.3 is 0 Å². The lowest BCUT2D eigenvalue weighted by Gasteiger charge is -2.10. The van der Waals surface area contributed by atoms with Crippen molar-refractivity contribution in [2.24, 2.45) is 5.92 Å². The Morgan fingerprint density at radius 2 is 1.50 bits per heavy atom. The molecule has 2 heteroatoms. The standard InChI is InChI=1S/C12H18O2/c1-2-10-3-5-11(6-4-10)7-12(8-13)9-14/h3-6,12-14H,2,7-9H2,1H3. The van der Waals surface area contributed by atoms with Gasteiger partial charge in [0.2, 0.25) is 0 Å². The second-order valence-corrected chi connectivity index (χ2v) is 3.61. The Morgan fingerprint density at radius 3 is 1.93 bits per heavy atom. The summed E-state index contributed by atoms with van der Waals surface area (Å²) < 4.78 is 0. The summed E-state index contributed by atoms with van der Waals surface area (Å²) in [4.78, 5) is 0. The first-order valence-corrected chi connectivity index (χ1v) is 5.09. The van der Waals surface area contributed by atoms with Gasteiger partial charge in [0.25, 0.3) is 0 Å². The molecule has 0 saturated heterocycles. The number of hydrogen-bond donors (Lipinski definition) is 2. The molecule has 0 spiro atoms. The van der Waals surface area contributed by atoms with Crippen LogP contribution >= 0.6 is 0 Å². The first-order chi connectivity index (χ1) is 6.80. The summed E-state index contributed by atoms with van der Waals surface area (Å²) in [5.74, 6) is -0.0255. The van der Waals surface area contributed by atoms with E-state index < -0.39 is 0 Å². The number of aliphatic hydroxyl groups excluding tert-OH is 2. The Balaban J connectivity index is 2.58. The third-order valence-corrected chi connectivity index (χ3v) is 2.47. The summed E-state index contributed by atoms with van der Waals surface area (Å²) in [6.07, 6.45) is 1.79. The lowest BCUT2D eigenvalue weighted by Crippen LogP contribution is -2.13. The number of aliphatic hydroxyl groups is 2. The van der Waals surface area contributed by atoms with Crippen molar-refractivity contribution in [1.82, 2.24) is 0 Å². The zero-order valence-electron chi connectivity index (χ0n) is 8.61. The van der Waals surface area contributed by atoms with Crippen LogP contribution in [-0.2, 0) is 12.8 Å². The smallest absolute Gasteiger partial charge is 0.0484 e. The normalized spacial score (nSPS) is 10.9. The summed E-state index contributed by atoms with van der Waals surface area (Å²) in [6, 6.07) is 8.33. The molecule has 0 saturated carbocycles. The Kier molecular flexibility index (Phi) is 4.63. The van der Waals surface area contributed by atoms with Crippen LogP contribution in [0.15, 0.2) is 24.3 Å². The third-order valence-electron chi connectivity index (χ3n) is 2.47. The van der Waals surface area contributed by atoms with Crippen LogP contribution in [-0.4, -0.2) is 23.4 Å². The molecule has 78 valence electrons. The molecular formula is C12H18O2. The van der Waals surface area contributed by atoms with Crippen LogP contribution in [0.2, 0.25) is 0 Å². The summed E-state index contributed by atoms with van der Waals surface area (Å²) in [5.41, 5.74) is 2.49. The van der Waals surface area contributed by atoms with Crippen molar-refractivity contribution in [2.45, 2.75) is 19.8 Å². The molecule has 0 heterocycles. The van der Waals surface area contributed by atoms with Gasteiger partial charge in [-0.1, -0.05) is 31.2 Å². The van der Waals surface area contributed by atoms with Crippen LogP contribution in [0, 0.1) is 5.92 Å². The van der Waals surface area contributed by atoms with Gasteiger partial charge in [-0.2, -0.15) is 0 Å². The van der Waals surface area contributed by atoms with Gasteiger partial charge in [0.05, 0.1) is 0 Å². The fraction of sp³-hybridized carbons (Fsp3) is 0.500. The van der Waals surface area contributed by atoms with Crippen LogP contribution in [0.25, 0.3) is 0 Å². The maximum Gasteiger partial charge on any atom is 0.0484 e. The zero-order valence-corrected chi connectivity index (χ0v) is 8.61. The molecule has 0 amide bonds. The van der Waals surface area contributed by atoms with Gasteiger partial charge in [-0.25, -0.2) is 0 Å². The zero-order chi connectivity index (χ0) is 10.4. The average molecular weight is 194 g/mol. The first kappa shape index (κ1) is 11.2. The van der Waals surface area contributed by atoms with Crippen molar-refractivity contribution in [3.63, 3.8) is 0 Å². The average Bonchev–Trinajstić information content (AvgIpc) is 2.26. The molecule has 0 bridgehead atoms. The highest BCUT2D eigenvalue weighted by molar-refractivity contribution is 5.22. The molecule has 0 aliphatic rings. The highest BCUT2D eigenvalue weighted by atomic mass is 16.3. The largest absolute Gasteiger partial charge is 0.396 e. The fourth-order valence-corrected chi connectivity index (χ4v) is 1.43. The molecule has 1 rings (SSSR count). The molecule has 0 aromatic heterocycles. The molecule has 0 radical (unpaired) electrons. The van der Waals surface area contributed by atoms with Crippen molar-refractivity contribution >= 4 is 0 Å². The van der Waals surface area contributed by atoms with E-state index in [9.17, 15) is 0 Å². The summed E-state index contributed by atoms with van der Waals surface area (Å²) >= 11 is 0. The molecular weight excluding hydrogens is 176 g/mol. The minimum Gasteiger partial charge on any atom is -0.396 e. The molecule has 14 heavy (non-hydrogen) atoms. The van der Waals surface area contributed by atoms with Gasteiger partial charge < -0.3 is 10.2 Å². The van der Waals surface area contributed by atoms with E-state index >= 15 is 0 Å². The molecule has 1 aromatic carbocycles. The van der Waals surface area contributed by atoms with Crippen molar-refractivity contribution < 1.29 is 10.2 Å². The second-order valence-electron chi connectivity index (χ2n) is 3.61. The SMILES string of the molecule is CCc1ccc(CC(CO)CO)cc1. The van der Waals surface area contributed by atoms with Gasteiger partial charge in [0.15, 0.2) is 0 Å². The maximum absolute atomic E-state index is 8.93. The van der Waals surface area contributed by atoms with Crippen LogP contribution in [0.4, 0.5) is 0 Å². The van der Waals surface area contributed by atoms with Crippen molar-refractivity contribution in [3.05, 3.63) is 35.4 Å². The Morgan fingerprint density at radius 1 is 1.00 bits per heavy atom. The molecule has 0 atom stereocenters. The van der Waals surface area contributed by atoms with E-state index in [0.29, 0.717) is 0 Å². The highest BCUT2D eigenvalue weighted by Crippen LogP contribution is 2.10. The molecule has 0 aliphatic heterocycles. The van der Waals surface area contributed by atoms with Crippen LogP contribution < -0.4 is 0 Å². The van der Waals surface area contributed by atoms with Gasteiger partial charge in [-0.3, -0.25) is 0 Å². The number of rotatable bonds is 5. The Labute approximate surface area is 85.2 Å². The second kappa shape index (κ2) is 5.78. The number of hydrogen-bond acceptors (Lipinski definition) is 2. The topological polar surface area (TPSA) is 40.5 Å². The van der Waals surface area contributed by atoms with Crippen LogP contribution in [0.5, 0.6) is 0 Å². The lowest BCUT2D eigenvalue weighted by molar-refractivity contribution is 0.150. The molecule has 0 fully saturated rings. The van der Waals surface area contributed by atoms with E-state index in [4.69, 9.17) is 10.2 Å². The van der Waals surface area contributed by atoms with Gasteiger partial charge in [-0.15, -0.1) is 0 Å². The van der Waals surface area contributed by atoms with Crippen molar-refractivity contribution in [1.29, 1.82) is 0 Å². The lowest BCUT2D eigenvalue weighted by atomic mass is 9.99. The van der Waals surface area contributed by atoms with Gasteiger partial charge in [0.1, 0.15) is 0 Å². The molecule has 2 nitrogen and oxygen atoms in total. The van der Waals surface area contributed by atoms with Crippen molar-refractivity contribution in [2.75, 3.05) is 13.2 Å².